The van der Waals surface area contributed by atoms with Crippen LogP contribution in [0.1, 0.15) is 18.1 Å². The van der Waals surface area contributed by atoms with Crippen LogP contribution in [0.5, 0.6) is 0 Å². The Morgan fingerprint density at radius 1 is 1.10 bits per heavy atom. The van der Waals surface area contributed by atoms with E-state index < -0.39 is 0 Å². The van der Waals surface area contributed by atoms with E-state index >= 15 is 0 Å². The molecule has 0 spiro atoms. The fraction of sp³-hybridized carbons (Fsp3) is 0.348. The van der Waals surface area contributed by atoms with Gasteiger partial charge in [0.1, 0.15) is 0 Å². The molecule has 0 unspecified atom stereocenters. The minimum atomic E-state index is -0.342. The molecule has 1 saturated heterocycles. The molecular formula is C23H25NO5S. The molecule has 1 fully saturated rings. The van der Waals surface area contributed by atoms with Crippen molar-refractivity contribution in [1.29, 1.82) is 0 Å². The predicted molar refractivity (Wildman–Crippen MR) is 117 cm³/mol. The molecule has 1 amide bonds. The summed E-state index contributed by atoms with van der Waals surface area (Å²) in [5.41, 5.74) is 2.48. The molecule has 1 heterocycles. The van der Waals surface area contributed by atoms with Crippen molar-refractivity contribution in [3.63, 3.8) is 0 Å². The molecule has 0 saturated carbocycles. The van der Waals surface area contributed by atoms with Gasteiger partial charge in [0.15, 0.2) is 0 Å². The van der Waals surface area contributed by atoms with E-state index in [0.717, 1.165) is 35.7 Å². The second-order valence-corrected chi connectivity index (χ2v) is 8.25. The monoisotopic (exact) mass is 427 g/mol. The second-order valence-electron chi connectivity index (χ2n) is 7.02. The molecule has 0 radical (unpaired) electrons. The van der Waals surface area contributed by atoms with Gasteiger partial charge in [0, 0.05) is 48.2 Å². The first kappa shape index (κ1) is 21.9. The fourth-order valence-electron chi connectivity index (χ4n) is 3.47. The number of benzene rings is 1. The number of ether oxygens (including phenoxy) is 2. The van der Waals surface area contributed by atoms with Crippen molar-refractivity contribution in [3.05, 3.63) is 64.1 Å². The van der Waals surface area contributed by atoms with E-state index in [9.17, 15) is 14.4 Å². The quantitative estimate of drug-likeness (QED) is 0.514. The predicted octanol–water partition coefficient (Wildman–Crippen LogP) is 2.79. The summed E-state index contributed by atoms with van der Waals surface area (Å²) in [6, 6.07) is 7.57. The van der Waals surface area contributed by atoms with E-state index in [1.807, 2.05) is 40.9 Å². The Morgan fingerprint density at radius 2 is 1.77 bits per heavy atom. The maximum absolute atomic E-state index is 12.8. The zero-order valence-electron chi connectivity index (χ0n) is 17.4. The SMILES string of the molecule is COC1=C(OC)C(=O)C(Cc2cccc(/C=C/C(=O)N3CCSCC3)c2)=C(C)C1=O. The highest BCUT2D eigenvalue weighted by Crippen LogP contribution is 2.28. The summed E-state index contributed by atoms with van der Waals surface area (Å²) in [5.74, 6) is 1.14. The average Bonchev–Trinajstić information content (AvgIpc) is 2.78. The molecular weight excluding hydrogens is 402 g/mol. The van der Waals surface area contributed by atoms with Gasteiger partial charge in [0.25, 0.3) is 0 Å². The van der Waals surface area contributed by atoms with Gasteiger partial charge in [0.05, 0.1) is 14.2 Å². The number of thioether (sulfide) groups is 1. The van der Waals surface area contributed by atoms with Gasteiger partial charge in [-0.25, -0.2) is 0 Å². The number of methoxy groups -OCH3 is 2. The Bertz CT molecular complexity index is 954. The molecule has 0 atom stereocenters. The van der Waals surface area contributed by atoms with Crippen molar-refractivity contribution >= 4 is 35.3 Å². The largest absolute Gasteiger partial charge is 0.489 e. The summed E-state index contributed by atoms with van der Waals surface area (Å²) in [5, 5.41) is 0. The molecule has 7 heteroatoms. The molecule has 2 aliphatic rings. The summed E-state index contributed by atoms with van der Waals surface area (Å²) >= 11 is 1.86. The highest BCUT2D eigenvalue weighted by molar-refractivity contribution is 7.99. The molecule has 1 aliphatic carbocycles. The van der Waals surface area contributed by atoms with Crippen LogP contribution in [0.25, 0.3) is 6.08 Å². The molecule has 1 aromatic carbocycles. The highest BCUT2D eigenvalue weighted by atomic mass is 32.2. The Balaban J connectivity index is 1.77. The van der Waals surface area contributed by atoms with Gasteiger partial charge in [-0.1, -0.05) is 24.3 Å². The smallest absolute Gasteiger partial charge is 0.246 e. The van der Waals surface area contributed by atoms with Gasteiger partial charge in [-0.15, -0.1) is 0 Å². The van der Waals surface area contributed by atoms with Gasteiger partial charge < -0.3 is 14.4 Å². The number of hydrogen-bond donors (Lipinski definition) is 0. The van der Waals surface area contributed by atoms with Gasteiger partial charge in [-0.05, 0) is 24.1 Å². The van der Waals surface area contributed by atoms with E-state index in [4.69, 9.17) is 9.47 Å². The average molecular weight is 428 g/mol. The normalized spacial score (nSPS) is 17.8. The van der Waals surface area contributed by atoms with Gasteiger partial charge in [-0.2, -0.15) is 11.8 Å². The summed E-state index contributed by atoms with van der Waals surface area (Å²) < 4.78 is 10.2. The number of rotatable bonds is 6. The standard InChI is InChI=1S/C23H25NO5S/c1-15-18(21(27)23(29-3)22(28-2)20(15)26)14-17-6-4-5-16(13-17)7-8-19(25)24-9-11-30-12-10-24/h4-8,13H,9-12,14H2,1-3H3/b8-7+. The lowest BCUT2D eigenvalue weighted by Gasteiger charge is -2.25. The van der Waals surface area contributed by atoms with E-state index in [1.165, 1.54) is 14.2 Å². The number of carbonyl (C=O) groups is 3. The zero-order valence-corrected chi connectivity index (χ0v) is 18.2. The van der Waals surface area contributed by atoms with Crippen LogP contribution in [0, 0.1) is 0 Å². The van der Waals surface area contributed by atoms with E-state index in [0.29, 0.717) is 17.6 Å². The van der Waals surface area contributed by atoms with Crippen molar-refractivity contribution in [3.8, 4) is 0 Å². The van der Waals surface area contributed by atoms with E-state index in [1.54, 1.807) is 19.1 Å². The van der Waals surface area contributed by atoms with Crippen molar-refractivity contribution in [2.24, 2.45) is 0 Å². The number of Topliss-reactive ketones (excluding diaryl/α,β-unsaturated/α-hetero) is 2. The summed E-state index contributed by atoms with van der Waals surface area (Å²) in [4.78, 5) is 39.5. The van der Waals surface area contributed by atoms with Gasteiger partial charge in [0.2, 0.25) is 29.0 Å². The van der Waals surface area contributed by atoms with Crippen molar-refractivity contribution in [2.45, 2.75) is 13.3 Å². The number of ketones is 2. The first-order valence-electron chi connectivity index (χ1n) is 9.71. The maximum Gasteiger partial charge on any atom is 0.246 e. The molecule has 6 nitrogen and oxygen atoms in total. The highest BCUT2D eigenvalue weighted by Gasteiger charge is 2.34. The molecule has 0 aromatic heterocycles. The third kappa shape index (κ3) is 4.67. The minimum Gasteiger partial charge on any atom is -0.489 e. The molecule has 1 aromatic rings. The maximum atomic E-state index is 12.8. The summed E-state index contributed by atoms with van der Waals surface area (Å²) in [7, 11) is 2.69. The lowest BCUT2D eigenvalue weighted by atomic mass is 9.88. The van der Waals surface area contributed by atoms with E-state index in [-0.39, 0.29) is 29.0 Å². The number of allylic oxidation sites excluding steroid dienone is 2. The lowest BCUT2D eigenvalue weighted by molar-refractivity contribution is -0.125. The fourth-order valence-corrected chi connectivity index (χ4v) is 4.38. The van der Waals surface area contributed by atoms with Crippen LogP contribution < -0.4 is 0 Å². The molecule has 30 heavy (non-hydrogen) atoms. The Kier molecular flexibility index (Phi) is 7.15. The molecule has 3 rings (SSSR count). The van der Waals surface area contributed by atoms with E-state index in [2.05, 4.69) is 0 Å². The number of hydrogen-bond acceptors (Lipinski definition) is 6. The van der Waals surface area contributed by atoms with Crippen LogP contribution in [-0.2, 0) is 30.3 Å². The Morgan fingerprint density at radius 3 is 2.43 bits per heavy atom. The van der Waals surface area contributed by atoms with Gasteiger partial charge >= 0.3 is 0 Å². The topological polar surface area (TPSA) is 72.9 Å². The van der Waals surface area contributed by atoms with Crippen LogP contribution in [0.2, 0.25) is 0 Å². The number of carbonyl (C=O) groups excluding carboxylic acids is 3. The van der Waals surface area contributed by atoms with Crippen LogP contribution in [-0.4, -0.2) is 61.2 Å². The molecule has 1 aliphatic heterocycles. The second kappa shape index (κ2) is 9.80. The molecule has 158 valence electrons. The number of amides is 1. The van der Waals surface area contributed by atoms with Crippen LogP contribution in [0.4, 0.5) is 0 Å². The molecule has 0 bridgehead atoms. The minimum absolute atomic E-state index is 0.00859. The summed E-state index contributed by atoms with van der Waals surface area (Å²) in [6.07, 6.45) is 3.66. The zero-order chi connectivity index (χ0) is 21.7. The van der Waals surface area contributed by atoms with Crippen LogP contribution >= 0.6 is 11.8 Å². The van der Waals surface area contributed by atoms with Crippen LogP contribution in [0.15, 0.2) is 53.0 Å². The molecule has 0 N–H and O–H groups in total. The first-order valence-corrected chi connectivity index (χ1v) is 10.9. The third-order valence-corrected chi connectivity index (χ3v) is 6.11. The Hall–Kier alpha value is -2.80. The van der Waals surface area contributed by atoms with Gasteiger partial charge in [-0.3, -0.25) is 14.4 Å². The Labute approximate surface area is 180 Å². The van der Waals surface area contributed by atoms with Crippen LogP contribution in [0.3, 0.4) is 0 Å². The first-order chi connectivity index (χ1) is 14.5. The lowest BCUT2D eigenvalue weighted by Crippen LogP contribution is -2.36. The summed E-state index contributed by atoms with van der Waals surface area (Å²) in [6.45, 7) is 3.17. The number of nitrogens with zero attached hydrogens (tertiary/aromatic N) is 1. The third-order valence-electron chi connectivity index (χ3n) is 5.17. The van der Waals surface area contributed by atoms with Crippen molar-refractivity contribution in [2.75, 3.05) is 38.8 Å². The van der Waals surface area contributed by atoms with Crippen molar-refractivity contribution in [1.82, 2.24) is 4.90 Å². The van der Waals surface area contributed by atoms with Crippen molar-refractivity contribution < 1.29 is 23.9 Å².